The van der Waals surface area contributed by atoms with Crippen LogP contribution in [0.5, 0.6) is 0 Å². The van der Waals surface area contributed by atoms with Crippen molar-refractivity contribution in [1.82, 2.24) is 5.32 Å². The minimum atomic E-state index is -0.324. The van der Waals surface area contributed by atoms with E-state index in [2.05, 4.69) is 5.32 Å². The van der Waals surface area contributed by atoms with Crippen molar-refractivity contribution in [3.63, 3.8) is 0 Å². The molecule has 0 bridgehead atoms. The fraction of sp³-hybridized carbons (Fsp3) is 0.429. The summed E-state index contributed by atoms with van der Waals surface area (Å²) in [6, 6.07) is 0. The second kappa shape index (κ2) is 3.82. The molecule has 0 saturated heterocycles. The zero-order valence-electron chi connectivity index (χ0n) is 6.39. The summed E-state index contributed by atoms with van der Waals surface area (Å²) in [6.07, 6.45) is 0.564. The lowest BCUT2D eigenvalue weighted by Gasteiger charge is -1.98. The van der Waals surface area contributed by atoms with Gasteiger partial charge in [-0.25, -0.2) is 0 Å². The number of carbonyl (C=O) groups excluding carboxylic acids is 2. The van der Waals surface area contributed by atoms with E-state index in [0.29, 0.717) is 6.29 Å². The molecule has 1 amide bonds. The van der Waals surface area contributed by atoms with Crippen molar-refractivity contribution in [3.05, 3.63) is 11.1 Å². The summed E-state index contributed by atoms with van der Waals surface area (Å²) in [5.41, 5.74) is 0.942. The van der Waals surface area contributed by atoms with Crippen LogP contribution in [-0.2, 0) is 9.59 Å². The molecule has 0 aliphatic heterocycles. The molecule has 0 aliphatic carbocycles. The van der Waals surface area contributed by atoms with E-state index >= 15 is 0 Å². The maximum atomic E-state index is 10.8. The van der Waals surface area contributed by atoms with Gasteiger partial charge in [0.1, 0.15) is 0 Å². The lowest BCUT2D eigenvalue weighted by molar-refractivity contribution is -0.118. The summed E-state index contributed by atoms with van der Waals surface area (Å²) >= 11 is 0. The van der Waals surface area contributed by atoms with Crippen molar-refractivity contribution >= 4 is 12.2 Å². The highest BCUT2D eigenvalue weighted by atomic mass is 16.2. The number of likely N-dealkylation sites (N-methyl/N-ethyl adjacent to an activating group) is 1. The molecular weight excluding hydrogens is 130 g/mol. The number of allylic oxidation sites excluding steroid dienone is 1. The Hall–Kier alpha value is -1.12. The van der Waals surface area contributed by atoms with Crippen LogP contribution in [0.1, 0.15) is 13.8 Å². The van der Waals surface area contributed by atoms with E-state index in [-0.39, 0.29) is 11.5 Å². The number of hydrogen-bond donors (Lipinski definition) is 1. The Labute approximate surface area is 60.1 Å². The molecule has 0 aromatic heterocycles. The Balaban J connectivity index is 4.53. The summed E-state index contributed by atoms with van der Waals surface area (Å²) in [6.45, 7) is 3.44. The lowest BCUT2D eigenvalue weighted by atomic mass is 10.1. The Bertz CT molecular complexity index is 178. The van der Waals surface area contributed by atoms with Crippen molar-refractivity contribution in [2.24, 2.45) is 0 Å². The predicted molar refractivity (Wildman–Crippen MR) is 38.5 cm³/mol. The first kappa shape index (κ1) is 8.88. The minimum absolute atomic E-state index is 0.211. The average molecular weight is 141 g/mol. The normalized spacial score (nSPS) is 8.30. The van der Waals surface area contributed by atoms with Gasteiger partial charge >= 0.3 is 0 Å². The number of rotatable bonds is 2. The average Bonchev–Trinajstić information content (AvgIpc) is 1.88. The van der Waals surface area contributed by atoms with Crippen molar-refractivity contribution in [1.29, 1.82) is 0 Å². The third kappa shape index (κ3) is 2.01. The highest BCUT2D eigenvalue weighted by molar-refractivity contribution is 6.10. The van der Waals surface area contributed by atoms with Crippen molar-refractivity contribution in [2.45, 2.75) is 13.8 Å². The highest BCUT2D eigenvalue weighted by Gasteiger charge is 2.05. The fourth-order valence-corrected chi connectivity index (χ4v) is 0.533. The molecule has 0 heterocycles. The van der Waals surface area contributed by atoms with Gasteiger partial charge in [0, 0.05) is 7.05 Å². The Morgan fingerprint density at radius 2 is 1.90 bits per heavy atom. The quantitative estimate of drug-likeness (QED) is 0.259. The second-order valence-electron chi connectivity index (χ2n) is 2.11. The third-order valence-corrected chi connectivity index (χ3v) is 1.13. The number of amides is 1. The van der Waals surface area contributed by atoms with Crippen LogP contribution in [0.15, 0.2) is 11.1 Å². The fourth-order valence-electron chi connectivity index (χ4n) is 0.533. The van der Waals surface area contributed by atoms with Crippen LogP contribution in [0.3, 0.4) is 0 Å². The summed E-state index contributed by atoms with van der Waals surface area (Å²) in [7, 11) is 1.49. The van der Waals surface area contributed by atoms with E-state index in [0.717, 1.165) is 5.57 Å². The van der Waals surface area contributed by atoms with Gasteiger partial charge in [-0.3, -0.25) is 9.59 Å². The van der Waals surface area contributed by atoms with E-state index in [1.165, 1.54) is 7.05 Å². The van der Waals surface area contributed by atoms with Crippen LogP contribution in [0, 0.1) is 0 Å². The Morgan fingerprint density at radius 3 is 2.00 bits per heavy atom. The molecule has 0 unspecified atom stereocenters. The molecule has 56 valence electrons. The highest BCUT2D eigenvalue weighted by Crippen LogP contribution is 1.98. The first-order chi connectivity index (χ1) is 4.63. The monoisotopic (exact) mass is 141 g/mol. The molecule has 0 fully saturated rings. The molecule has 0 saturated carbocycles. The van der Waals surface area contributed by atoms with Gasteiger partial charge in [0.05, 0.1) is 5.57 Å². The minimum Gasteiger partial charge on any atom is -0.355 e. The van der Waals surface area contributed by atoms with Gasteiger partial charge in [-0.05, 0) is 13.8 Å². The van der Waals surface area contributed by atoms with Gasteiger partial charge in [0.25, 0.3) is 5.91 Å². The van der Waals surface area contributed by atoms with Crippen LogP contribution in [0.25, 0.3) is 0 Å². The van der Waals surface area contributed by atoms with E-state index < -0.39 is 0 Å². The SMILES string of the molecule is CNC(=O)C(C=O)=C(C)C. The lowest BCUT2D eigenvalue weighted by Crippen LogP contribution is -2.21. The van der Waals surface area contributed by atoms with Gasteiger partial charge in [-0.15, -0.1) is 0 Å². The van der Waals surface area contributed by atoms with Crippen molar-refractivity contribution in [3.8, 4) is 0 Å². The summed E-state index contributed by atoms with van der Waals surface area (Å²) < 4.78 is 0. The largest absolute Gasteiger partial charge is 0.355 e. The van der Waals surface area contributed by atoms with Gasteiger partial charge < -0.3 is 5.32 Å². The number of aldehydes is 1. The number of nitrogens with one attached hydrogen (secondary N) is 1. The number of carbonyl (C=O) groups is 2. The third-order valence-electron chi connectivity index (χ3n) is 1.13. The molecule has 0 aliphatic rings. The maximum absolute atomic E-state index is 10.8. The predicted octanol–water partition coefficient (Wildman–Crippen LogP) is 0.268. The molecular formula is C7H11NO2. The van der Waals surface area contributed by atoms with Crippen LogP contribution >= 0.6 is 0 Å². The second-order valence-corrected chi connectivity index (χ2v) is 2.11. The van der Waals surface area contributed by atoms with Gasteiger partial charge in [-0.1, -0.05) is 5.57 Å². The van der Waals surface area contributed by atoms with Crippen molar-refractivity contribution in [2.75, 3.05) is 7.05 Å². The van der Waals surface area contributed by atoms with Crippen LogP contribution < -0.4 is 5.32 Å². The summed E-state index contributed by atoms with van der Waals surface area (Å²) in [4.78, 5) is 21.0. The standard InChI is InChI=1S/C7H11NO2/c1-5(2)6(4-9)7(10)8-3/h4H,1-3H3,(H,8,10). The molecule has 3 nitrogen and oxygen atoms in total. The first-order valence-electron chi connectivity index (χ1n) is 2.98. The molecule has 0 atom stereocenters. The molecule has 0 radical (unpaired) electrons. The van der Waals surface area contributed by atoms with Crippen LogP contribution in [0.4, 0.5) is 0 Å². The zero-order valence-corrected chi connectivity index (χ0v) is 6.39. The topological polar surface area (TPSA) is 46.2 Å². The molecule has 0 rings (SSSR count). The Morgan fingerprint density at radius 1 is 1.40 bits per heavy atom. The molecule has 0 aromatic rings. The van der Waals surface area contributed by atoms with E-state index in [4.69, 9.17) is 0 Å². The molecule has 1 N–H and O–H groups in total. The van der Waals surface area contributed by atoms with Gasteiger partial charge in [0.2, 0.25) is 0 Å². The zero-order chi connectivity index (χ0) is 8.15. The van der Waals surface area contributed by atoms with Gasteiger partial charge in [-0.2, -0.15) is 0 Å². The van der Waals surface area contributed by atoms with E-state index in [1.807, 2.05) is 0 Å². The maximum Gasteiger partial charge on any atom is 0.254 e. The van der Waals surface area contributed by atoms with E-state index in [1.54, 1.807) is 13.8 Å². The molecule has 0 aromatic carbocycles. The molecule has 0 spiro atoms. The Kier molecular flexibility index (Phi) is 3.39. The van der Waals surface area contributed by atoms with Crippen LogP contribution in [-0.4, -0.2) is 19.2 Å². The number of hydrogen-bond acceptors (Lipinski definition) is 2. The van der Waals surface area contributed by atoms with Crippen LogP contribution in [0.2, 0.25) is 0 Å². The summed E-state index contributed by atoms with van der Waals surface area (Å²) in [5, 5.41) is 2.37. The van der Waals surface area contributed by atoms with E-state index in [9.17, 15) is 9.59 Å². The van der Waals surface area contributed by atoms with Gasteiger partial charge in [0.15, 0.2) is 6.29 Å². The smallest absolute Gasteiger partial charge is 0.254 e. The first-order valence-corrected chi connectivity index (χ1v) is 2.98. The van der Waals surface area contributed by atoms with Crippen molar-refractivity contribution < 1.29 is 9.59 Å². The molecule has 10 heavy (non-hydrogen) atoms. The summed E-state index contributed by atoms with van der Waals surface area (Å²) in [5.74, 6) is -0.324. The molecule has 3 heteroatoms.